The summed E-state index contributed by atoms with van der Waals surface area (Å²) in [7, 11) is 2.80. The molecule has 0 bridgehead atoms. The summed E-state index contributed by atoms with van der Waals surface area (Å²) in [6.07, 6.45) is 20.6. The molecule has 0 aromatic rings. The molecule has 0 amide bonds. The summed E-state index contributed by atoms with van der Waals surface area (Å²) < 4.78 is 9.07. The molecule has 0 saturated heterocycles. The molecular formula is C30H42O6. The van der Waals surface area contributed by atoms with E-state index in [1.54, 1.807) is 0 Å². The molecule has 198 valence electrons. The molecule has 0 saturated carbocycles. The molecule has 0 radical (unpaired) electrons. The van der Waals surface area contributed by atoms with Gasteiger partial charge in [0.25, 0.3) is 0 Å². The molecule has 36 heavy (non-hydrogen) atoms. The third kappa shape index (κ3) is 32.9. The topological polar surface area (TPSA) is 93.1 Å². The number of aliphatic hydroxyl groups is 2. The smallest absolute Gasteiger partial charge is 0.305 e. The summed E-state index contributed by atoms with van der Waals surface area (Å²) in [5, 5.41) is 17.0. The van der Waals surface area contributed by atoms with Crippen molar-refractivity contribution in [3.63, 3.8) is 0 Å². The molecule has 0 heterocycles. The van der Waals surface area contributed by atoms with E-state index in [0.717, 1.165) is 38.5 Å². The Morgan fingerprint density at radius 3 is 1.61 bits per heavy atom. The number of rotatable bonds is 14. The van der Waals surface area contributed by atoms with Crippen molar-refractivity contribution in [1.82, 2.24) is 0 Å². The van der Waals surface area contributed by atoms with Crippen molar-refractivity contribution in [2.24, 2.45) is 0 Å². The lowest BCUT2D eigenvalue weighted by Crippen LogP contribution is -1.98. The van der Waals surface area contributed by atoms with Crippen molar-refractivity contribution in [2.45, 2.75) is 77.0 Å². The standard InChI is InChI=1S/C15H24O3.C15H18O3/c2*1-18-15(17)13-11-9-7-5-3-2-4-6-8-10-12-14-16/h2,4-5,7-8,10,16H,3,6,9,11-14H2,1H3;16H,3,6,9,11-14H2,1H3. The van der Waals surface area contributed by atoms with Crippen LogP contribution in [0.4, 0.5) is 0 Å². The van der Waals surface area contributed by atoms with Crippen molar-refractivity contribution in [1.29, 1.82) is 0 Å². The molecular weight excluding hydrogens is 456 g/mol. The van der Waals surface area contributed by atoms with Crippen molar-refractivity contribution in [2.75, 3.05) is 27.4 Å². The summed E-state index contributed by atoms with van der Waals surface area (Å²) in [4.78, 5) is 21.6. The molecule has 0 rings (SSSR count). The summed E-state index contributed by atoms with van der Waals surface area (Å²) in [5.41, 5.74) is 0. The second kappa shape index (κ2) is 31.8. The highest BCUT2D eigenvalue weighted by molar-refractivity contribution is 5.69. The Kier molecular flexibility index (Phi) is 30.8. The average molecular weight is 499 g/mol. The molecule has 2 N–H and O–H groups in total. The van der Waals surface area contributed by atoms with E-state index in [1.807, 2.05) is 12.2 Å². The summed E-state index contributed by atoms with van der Waals surface area (Å²) in [6.45, 7) is 0.312. The van der Waals surface area contributed by atoms with E-state index in [0.29, 0.717) is 38.5 Å². The first-order valence-electron chi connectivity index (χ1n) is 12.3. The van der Waals surface area contributed by atoms with E-state index in [-0.39, 0.29) is 25.2 Å². The zero-order chi connectivity index (χ0) is 27.0. The SMILES string of the molecule is COC(=O)CCCC#CCC#CCC#CCCO.COC(=O)CCCC=CCC=CCC=CCCO. The minimum absolute atomic E-state index is 0.0947. The highest BCUT2D eigenvalue weighted by Crippen LogP contribution is 2.00. The Morgan fingerprint density at radius 1 is 0.611 bits per heavy atom. The van der Waals surface area contributed by atoms with Crippen LogP contribution >= 0.6 is 0 Å². The Labute approximate surface area is 217 Å². The van der Waals surface area contributed by atoms with Crippen molar-refractivity contribution < 1.29 is 29.3 Å². The first-order chi connectivity index (χ1) is 17.6. The lowest BCUT2D eigenvalue weighted by Gasteiger charge is -1.95. The molecule has 6 heteroatoms. The fourth-order valence-corrected chi connectivity index (χ4v) is 2.31. The Bertz CT molecular complexity index is 819. The van der Waals surface area contributed by atoms with Gasteiger partial charge in [-0.2, -0.15) is 0 Å². The molecule has 0 unspecified atom stereocenters. The van der Waals surface area contributed by atoms with E-state index >= 15 is 0 Å². The Morgan fingerprint density at radius 2 is 1.08 bits per heavy atom. The van der Waals surface area contributed by atoms with Crippen LogP contribution in [-0.2, 0) is 19.1 Å². The Balaban J connectivity index is 0. The summed E-state index contributed by atoms with van der Waals surface area (Å²) in [5.74, 6) is 16.9. The zero-order valence-electron chi connectivity index (χ0n) is 21.9. The van der Waals surface area contributed by atoms with Gasteiger partial charge in [0.15, 0.2) is 0 Å². The van der Waals surface area contributed by atoms with Crippen LogP contribution in [0.25, 0.3) is 0 Å². The second-order valence-corrected chi connectivity index (χ2v) is 7.18. The van der Waals surface area contributed by atoms with E-state index in [4.69, 9.17) is 10.2 Å². The van der Waals surface area contributed by atoms with Gasteiger partial charge in [0.2, 0.25) is 0 Å². The van der Waals surface area contributed by atoms with Crippen LogP contribution in [0.2, 0.25) is 0 Å². The van der Waals surface area contributed by atoms with Gasteiger partial charge in [-0.05, 0) is 38.5 Å². The minimum Gasteiger partial charge on any atom is -0.469 e. The fraction of sp³-hybridized carbons (Fsp3) is 0.533. The van der Waals surface area contributed by atoms with Crippen LogP contribution in [0.3, 0.4) is 0 Å². The van der Waals surface area contributed by atoms with Gasteiger partial charge in [-0.3, -0.25) is 9.59 Å². The van der Waals surface area contributed by atoms with Gasteiger partial charge in [0, 0.05) is 32.3 Å². The number of unbranched alkanes of at least 4 members (excludes halogenated alkanes) is 2. The normalized spacial score (nSPS) is 9.89. The van der Waals surface area contributed by atoms with Gasteiger partial charge in [0.1, 0.15) is 0 Å². The van der Waals surface area contributed by atoms with E-state index in [1.165, 1.54) is 14.2 Å². The highest BCUT2D eigenvalue weighted by atomic mass is 16.5. The molecule has 0 atom stereocenters. The summed E-state index contributed by atoms with van der Waals surface area (Å²) >= 11 is 0. The Hall–Kier alpha value is -3.24. The average Bonchev–Trinajstić information content (AvgIpc) is 2.89. The van der Waals surface area contributed by atoms with Crippen LogP contribution < -0.4 is 0 Å². The van der Waals surface area contributed by atoms with Crippen LogP contribution in [0.15, 0.2) is 36.5 Å². The lowest BCUT2D eigenvalue weighted by molar-refractivity contribution is -0.141. The van der Waals surface area contributed by atoms with Crippen LogP contribution in [0.5, 0.6) is 0 Å². The van der Waals surface area contributed by atoms with Crippen molar-refractivity contribution in [3.05, 3.63) is 36.5 Å². The predicted octanol–water partition coefficient (Wildman–Crippen LogP) is 4.66. The van der Waals surface area contributed by atoms with Gasteiger partial charge >= 0.3 is 11.9 Å². The second-order valence-electron chi connectivity index (χ2n) is 7.18. The van der Waals surface area contributed by atoms with Gasteiger partial charge in [-0.15, -0.1) is 5.92 Å². The lowest BCUT2D eigenvalue weighted by atomic mass is 10.2. The predicted molar refractivity (Wildman–Crippen MR) is 144 cm³/mol. The molecule has 0 aromatic heterocycles. The van der Waals surface area contributed by atoms with E-state index in [9.17, 15) is 9.59 Å². The van der Waals surface area contributed by atoms with Crippen molar-refractivity contribution >= 4 is 11.9 Å². The molecule has 0 aliphatic carbocycles. The third-order valence-corrected chi connectivity index (χ3v) is 4.20. The minimum atomic E-state index is -0.196. The quantitative estimate of drug-likeness (QED) is 0.157. The van der Waals surface area contributed by atoms with Gasteiger partial charge < -0.3 is 19.7 Å². The molecule has 6 nitrogen and oxygen atoms in total. The molecule has 0 aliphatic rings. The monoisotopic (exact) mass is 498 g/mol. The zero-order valence-corrected chi connectivity index (χ0v) is 21.9. The highest BCUT2D eigenvalue weighted by Gasteiger charge is 1.97. The first-order valence-corrected chi connectivity index (χ1v) is 12.3. The maximum absolute atomic E-state index is 10.8. The number of carbonyl (C=O) groups excluding carboxylic acids is 2. The number of ether oxygens (including phenoxy) is 2. The van der Waals surface area contributed by atoms with Gasteiger partial charge in [-0.25, -0.2) is 0 Å². The van der Waals surface area contributed by atoms with Crippen LogP contribution in [0, 0.1) is 35.5 Å². The van der Waals surface area contributed by atoms with Gasteiger partial charge in [-0.1, -0.05) is 66.1 Å². The van der Waals surface area contributed by atoms with Crippen molar-refractivity contribution in [3.8, 4) is 35.5 Å². The van der Waals surface area contributed by atoms with Crippen LogP contribution in [0.1, 0.15) is 77.0 Å². The molecule has 0 fully saturated rings. The first kappa shape index (κ1) is 34.9. The number of aliphatic hydroxyl groups excluding tert-OH is 2. The van der Waals surface area contributed by atoms with Crippen LogP contribution in [-0.4, -0.2) is 49.6 Å². The largest absolute Gasteiger partial charge is 0.469 e. The number of hydrogen-bond acceptors (Lipinski definition) is 6. The summed E-state index contributed by atoms with van der Waals surface area (Å²) in [6, 6.07) is 0. The number of hydrogen-bond donors (Lipinski definition) is 2. The van der Waals surface area contributed by atoms with Gasteiger partial charge in [0.05, 0.1) is 33.7 Å². The maximum atomic E-state index is 10.8. The van der Waals surface area contributed by atoms with E-state index < -0.39 is 0 Å². The van der Waals surface area contributed by atoms with E-state index in [2.05, 4.69) is 69.3 Å². The molecule has 0 aromatic carbocycles. The number of allylic oxidation sites excluding steroid dienone is 5. The third-order valence-electron chi connectivity index (χ3n) is 4.20. The fourth-order valence-electron chi connectivity index (χ4n) is 2.31. The number of carbonyl (C=O) groups is 2. The molecule has 0 spiro atoms. The number of methoxy groups -OCH3 is 2. The molecule has 0 aliphatic heterocycles. The number of esters is 2. The maximum Gasteiger partial charge on any atom is 0.305 e.